The predicted octanol–water partition coefficient (Wildman–Crippen LogP) is 4.12. The molecule has 1 saturated heterocycles. The molecular weight excluding hydrogens is 278 g/mol. The van der Waals surface area contributed by atoms with Crippen LogP contribution in [0.15, 0.2) is 0 Å². The Labute approximate surface area is 114 Å². The fraction of sp³-hybridized carbons (Fsp3) is 0.929. The van der Waals surface area contributed by atoms with Gasteiger partial charge in [-0.05, 0) is 19.3 Å². The van der Waals surface area contributed by atoms with Crippen LogP contribution in [0.3, 0.4) is 0 Å². The maximum absolute atomic E-state index is 12.0. The van der Waals surface area contributed by atoms with E-state index in [1.54, 1.807) is 0 Å². The molecule has 0 aromatic carbocycles. The van der Waals surface area contributed by atoms with Crippen LogP contribution in [-0.2, 0) is 4.79 Å². The highest BCUT2D eigenvalue weighted by atomic mass is 79.9. The van der Waals surface area contributed by atoms with Gasteiger partial charge < -0.3 is 4.90 Å². The largest absolute Gasteiger partial charge is 0.339 e. The van der Waals surface area contributed by atoms with Gasteiger partial charge in [-0.3, -0.25) is 4.79 Å². The summed E-state index contributed by atoms with van der Waals surface area (Å²) >= 11 is 3.50. The molecule has 0 N–H and O–H groups in total. The molecule has 0 aromatic rings. The van der Waals surface area contributed by atoms with Crippen LogP contribution >= 0.6 is 15.9 Å². The quantitative estimate of drug-likeness (QED) is 0.488. The van der Waals surface area contributed by atoms with E-state index in [1.807, 2.05) is 0 Å². The van der Waals surface area contributed by atoms with Crippen molar-refractivity contribution >= 4 is 21.8 Å². The monoisotopic (exact) mass is 303 g/mol. The van der Waals surface area contributed by atoms with Crippen LogP contribution in [-0.4, -0.2) is 28.7 Å². The van der Waals surface area contributed by atoms with E-state index >= 15 is 0 Å². The van der Waals surface area contributed by atoms with Gasteiger partial charge in [0.1, 0.15) is 0 Å². The van der Waals surface area contributed by atoms with Crippen LogP contribution in [0.4, 0.5) is 0 Å². The summed E-state index contributed by atoms with van der Waals surface area (Å²) in [5.41, 5.74) is 0. The topological polar surface area (TPSA) is 20.3 Å². The first-order valence-corrected chi connectivity index (χ1v) is 8.27. The van der Waals surface area contributed by atoms with Crippen molar-refractivity contribution in [3.63, 3.8) is 0 Å². The lowest BCUT2D eigenvalue weighted by Gasteiger charge is -2.23. The van der Waals surface area contributed by atoms with Gasteiger partial charge in [0.05, 0.1) is 0 Å². The molecule has 1 aliphatic rings. The Morgan fingerprint density at radius 3 is 2.65 bits per heavy atom. The minimum atomic E-state index is 0.377. The first-order chi connectivity index (χ1) is 8.29. The van der Waals surface area contributed by atoms with Gasteiger partial charge in [-0.15, -0.1) is 0 Å². The SMILES string of the molecule is CCCCCCCCC(=O)N1CCCC1CBr. The van der Waals surface area contributed by atoms with Crippen molar-refractivity contribution in [1.29, 1.82) is 0 Å². The number of hydrogen-bond acceptors (Lipinski definition) is 1. The van der Waals surface area contributed by atoms with Crippen LogP contribution in [0.5, 0.6) is 0 Å². The first kappa shape index (κ1) is 15.0. The Balaban J connectivity index is 2.08. The van der Waals surface area contributed by atoms with Crippen LogP contribution in [0.2, 0.25) is 0 Å². The first-order valence-electron chi connectivity index (χ1n) is 7.15. The maximum Gasteiger partial charge on any atom is 0.222 e. The third kappa shape index (κ3) is 5.41. The van der Waals surface area contributed by atoms with Gasteiger partial charge in [-0.1, -0.05) is 55.0 Å². The smallest absolute Gasteiger partial charge is 0.222 e. The number of carbonyl (C=O) groups excluding carboxylic acids is 1. The molecule has 1 aliphatic heterocycles. The predicted molar refractivity (Wildman–Crippen MR) is 76.5 cm³/mol. The van der Waals surface area contributed by atoms with E-state index in [0.29, 0.717) is 11.9 Å². The zero-order chi connectivity index (χ0) is 12.5. The molecule has 1 rings (SSSR count). The van der Waals surface area contributed by atoms with E-state index in [9.17, 15) is 4.79 Å². The minimum absolute atomic E-state index is 0.377. The standard InChI is InChI=1S/C14H26BrNO/c1-2-3-4-5-6-7-10-14(17)16-11-8-9-13(16)12-15/h13H,2-12H2,1H3. The van der Waals surface area contributed by atoms with Gasteiger partial charge in [-0.2, -0.15) is 0 Å². The highest BCUT2D eigenvalue weighted by molar-refractivity contribution is 9.09. The fourth-order valence-corrected chi connectivity index (χ4v) is 3.20. The molecular formula is C14H26BrNO. The van der Waals surface area contributed by atoms with E-state index < -0.39 is 0 Å². The summed E-state index contributed by atoms with van der Waals surface area (Å²) in [6, 6.07) is 0.461. The fourth-order valence-electron chi connectivity index (χ4n) is 2.52. The lowest BCUT2D eigenvalue weighted by Crippen LogP contribution is -2.36. The van der Waals surface area contributed by atoms with Crippen LogP contribution in [0.25, 0.3) is 0 Å². The van der Waals surface area contributed by atoms with Crippen LogP contribution in [0, 0.1) is 0 Å². The molecule has 0 spiro atoms. The van der Waals surface area contributed by atoms with Crippen molar-refractivity contribution in [2.24, 2.45) is 0 Å². The second-order valence-electron chi connectivity index (χ2n) is 5.06. The molecule has 3 heteroatoms. The van der Waals surface area contributed by atoms with E-state index in [1.165, 1.54) is 44.9 Å². The van der Waals surface area contributed by atoms with E-state index in [-0.39, 0.29) is 0 Å². The van der Waals surface area contributed by atoms with Crippen molar-refractivity contribution < 1.29 is 4.79 Å². The van der Waals surface area contributed by atoms with Crippen molar-refractivity contribution in [1.82, 2.24) is 4.90 Å². The summed E-state index contributed by atoms with van der Waals surface area (Å²) in [7, 11) is 0. The summed E-state index contributed by atoms with van der Waals surface area (Å²) in [6.45, 7) is 3.21. The number of carbonyl (C=O) groups is 1. The molecule has 1 unspecified atom stereocenters. The van der Waals surface area contributed by atoms with Crippen molar-refractivity contribution in [2.75, 3.05) is 11.9 Å². The average Bonchev–Trinajstić information content (AvgIpc) is 2.81. The summed E-state index contributed by atoms with van der Waals surface area (Å²) in [6.07, 6.45) is 10.7. The molecule has 2 nitrogen and oxygen atoms in total. The third-order valence-electron chi connectivity index (χ3n) is 3.62. The normalized spacial score (nSPS) is 19.9. The van der Waals surface area contributed by atoms with Gasteiger partial charge >= 0.3 is 0 Å². The zero-order valence-corrected chi connectivity index (χ0v) is 12.7. The number of hydrogen-bond donors (Lipinski definition) is 0. The summed E-state index contributed by atoms with van der Waals surface area (Å²) in [5.74, 6) is 0.377. The van der Waals surface area contributed by atoms with Crippen molar-refractivity contribution in [2.45, 2.75) is 70.8 Å². The van der Waals surface area contributed by atoms with Crippen molar-refractivity contribution in [3.8, 4) is 0 Å². The van der Waals surface area contributed by atoms with E-state index in [0.717, 1.165) is 24.7 Å². The lowest BCUT2D eigenvalue weighted by molar-refractivity contribution is -0.131. The zero-order valence-electron chi connectivity index (χ0n) is 11.1. The van der Waals surface area contributed by atoms with Gasteiger partial charge in [0.15, 0.2) is 0 Å². The lowest BCUT2D eigenvalue weighted by atomic mass is 10.1. The number of likely N-dealkylation sites (tertiary alicyclic amines) is 1. The Bertz CT molecular complexity index is 220. The number of nitrogens with zero attached hydrogens (tertiary/aromatic N) is 1. The molecule has 0 radical (unpaired) electrons. The Morgan fingerprint density at radius 1 is 1.24 bits per heavy atom. The van der Waals surface area contributed by atoms with Crippen molar-refractivity contribution in [3.05, 3.63) is 0 Å². The van der Waals surface area contributed by atoms with E-state index in [4.69, 9.17) is 0 Å². The third-order valence-corrected chi connectivity index (χ3v) is 4.37. The molecule has 0 saturated carbocycles. The molecule has 0 aromatic heterocycles. The van der Waals surface area contributed by atoms with E-state index in [2.05, 4.69) is 27.8 Å². The van der Waals surface area contributed by atoms with Gasteiger partial charge in [0.2, 0.25) is 5.91 Å². The Kier molecular flexibility index (Phi) is 7.91. The number of unbranched alkanes of at least 4 members (excludes halogenated alkanes) is 5. The molecule has 1 atom stereocenters. The molecule has 100 valence electrons. The molecule has 0 aliphatic carbocycles. The van der Waals surface area contributed by atoms with Gasteiger partial charge in [0, 0.05) is 24.3 Å². The summed E-state index contributed by atoms with van der Waals surface area (Å²) in [4.78, 5) is 14.1. The number of halogens is 1. The summed E-state index contributed by atoms with van der Waals surface area (Å²) < 4.78 is 0. The Hall–Kier alpha value is -0.0500. The van der Waals surface area contributed by atoms with Gasteiger partial charge in [-0.25, -0.2) is 0 Å². The molecule has 1 fully saturated rings. The molecule has 17 heavy (non-hydrogen) atoms. The Morgan fingerprint density at radius 2 is 1.94 bits per heavy atom. The number of rotatable bonds is 8. The maximum atomic E-state index is 12.0. The molecule has 1 amide bonds. The van der Waals surface area contributed by atoms with Crippen LogP contribution < -0.4 is 0 Å². The molecule has 0 bridgehead atoms. The highest BCUT2D eigenvalue weighted by Gasteiger charge is 2.26. The second-order valence-corrected chi connectivity index (χ2v) is 5.70. The van der Waals surface area contributed by atoms with Gasteiger partial charge in [0.25, 0.3) is 0 Å². The second kappa shape index (κ2) is 8.96. The highest BCUT2D eigenvalue weighted by Crippen LogP contribution is 2.20. The number of alkyl halides is 1. The molecule has 1 heterocycles. The van der Waals surface area contributed by atoms with Crippen LogP contribution in [0.1, 0.15) is 64.7 Å². The number of amides is 1. The minimum Gasteiger partial charge on any atom is -0.339 e. The average molecular weight is 304 g/mol. The summed E-state index contributed by atoms with van der Waals surface area (Å²) in [5, 5.41) is 0.940.